The predicted octanol–water partition coefficient (Wildman–Crippen LogP) is 5.82. The van der Waals surface area contributed by atoms with E-state index in [1.807, 2.05) is 73.3 Å². The molecule has 1 aromatic heterocycles. The van der Waals surface area contributed by atoms with Gasteiger partial charge in [0.25, 0.3) is 0 Å². The molecule has 1 aliphatic heterocycles. The van der Waals surface area contributed by atoms with Gasteiger partial charge in [0.05, 0.1) is 26.2 Å². The van der Waals surface area contributed by atoms with Gasteiger partial charge in [0.15, 0.2) is 11.5 Å². The van der Waals surface area contributed by atoms with Crippen molar-refractivity contribution in [2.24, 2.45) is 0 Å². The number of hydrogen-bond donors (Lipinski definition) is 0. The van der Waals surface area contributed by atoms with E-state index >= 15 is 0 Å². The summed E-state index contributed by atoms with van der Waals surface area (Å²) in [5.41, 5.74) is 3.98. The number of nitrogens with zero attached hydrogens (tertiary/aromatic N) is 1. The summed E-state index contributed by atoms with van der Waals surface area (Å²) in [6.45, 7) is 4.70. The summed E-state index contributed by atoms with van der Waals surface area (Å²) in [7, 11) is 3.23. The van der Waals surface area contributed by atoms with Crippen molar-refractivity contribution in [3.63, 3.8) is 0 Å². The normalized spacial score (nSPS) is 15.5. The van der Waals surface area contributed by atoms with Crippen LogP contribution in [-0.4, -0.2) is 38.2 Å². The predicted molar refractivity (Wildman–Crippen MR) is 150 cm³/mol. The van der Waals surface area contributed by atoms with Gasteiger partial charge in [-0.2, -0.15) is 0 Å². The maximum atomic E-state index is 14.1. The number of amides is 1. The summed E-state index contributed by atoms with van der Waals surface area (Å²) < 4.78 is 22.9. The smallest absolute Gasteiger partial charge is 0.336 e. The zero-order chi connectivity index (χ0) is 27.5. The number of ether oxygens (including phenoxy) is 3. The fourth-order valence-corrected chi connectivity index (χ4v) is 5.48. The Hall–Kier alpha value is -4.26. The van der Waals surface area contributed by atoms with E-state index in [1.54, 1.807) is 20.3 Å². The molecule has 0 saturated carbocycles. The van der Waals surface area contributed by atoms with Crippen molar-refractivity contribution >= 4 is 16.9 Å². The van der Waals surface area contributed by atoms with Crippen LogP contribution in [0.2, 0.25) is 0 Å². The van der Waals surface area contributed by atoms with E-state index in [2.05, 4.69) is 0 Å². The first-order chi connectivity index (χ1) is 18.9. The molecule has 0 N–H and O–H groups in total. The fraction of sp³-hybridized carbons (Fsp3) is 0.312. The summed E-state index contributed by atoms with van der Waals surface area (Å²) in [6, 6.07) is 20.5. The van der Waals surface area contributed by atoms with Gasteiger partial charge in [0.1, 0.15) is 17.9 Å². The molecule has 2 unspecified atom stereocenters. The molecule has 7 nitrogen and oxygen atoms in total. The Morgan fingerprint density at radius 3 is 2.49 bits per heavy atom. The maximum absolute atomic E-state index is 14.1. The summed E-state index contributed by atoms with van der Waals surface area (Å²) >= 11 is 0. The van der Waals surface area contributed by atoms with E-state index in [-0.39, 0.29) is 24.5 Å². The van der Waals surface area contributed by atoms with Crippen LogP contribution in [0.1, 0.15) is 47.6 Å². The number of rotatable bonds is 8. The van der Waals surface area contributed by atoms with E-state index in [0.717, 1.165) is 27.6 Å². The zero-order valence-electron chi connectivity index (χ0n) is 22.7. The topological polar surface area (TPSA) is 78.2 Å². The van der Waals surface area contributed by atoms with Gasteiger partial charge < -0.3 is 23.5 Å². The Morgan fingerprint density at radius 1 is 1.03 bits per heavy atom. The lowest BCUT2D eigenvalue weighted by molar-refractivity contribution is -0.136. The molecule has 0 spiro atoms. The second-order valence-corrected chi connectivity index (χ2v) is 9.79. The molecule has 3 aromatic carbocycles. The van der Waals surface area contributed by atoms with E-state index < -0.39 is 5.63 Å². The first-order valence-electron chi connectivity index (χ1n) is 13.2. The lowest BCUT2D eigenvalue weighted by Gasteiger charge is -2.39. The molecule has 1 aliphatic rings. The van der Waals surface area contributed by atoms with Crippen LogP contribution >= 0.6 is 0 Å². The standard InChI is InChI=1S/C32H33NO6/c1-5-24(21-9-7-6-8-10-21)32(35)33-14-13-22-16-29(36-3)30(37-4)18-26(22)27(33)19-38-23-11-12-25-20(2)15-31(34)39-28(25)17-23/h6-12,15-18,24,27H,5,13-14,19H2,1-4H3. The van der Waals surface area contributed by atoms with Crippen molar-refractivity contribution in [1.29, 1.82) is 0 Å². The molecule has 0 saturated heterocycles. The van der Waals surface area contributed by atoms with E-state index in [0.29, 0.717) is 42.2 Å². The lowest BCUT2D eigenvalue weighted by atomic mass is 9.89. The number of fused-ring (bicyclic) bond motifs is 2. The largest absolute Gasteiger partial charge is 0.493 e. The Bertz CT molecular complexity index is 1540. The van der Waals surface area contributed by atoms with Crippen LogP contribution in [0.3, 0.4) is 0 Å². The average molecular weight is 528 g/mol. The SMILES string of the molecule is CCC(C(=O)N1CCc2cc(OC)c(OC)cc2C1COc1ccc2c(C)cc(=O)oc2c1)c1ccccc1. The average Bonchev–Trinajstić information content (AvgIpc) is 2.95. The third-order valence-corrected chi connectivity index (χ3v) is 7.52. The number of benzene rings is 3. The number of hydrogen-bond acceptors (Lipinski definition) is 6. The third kappa shape index (κ3) is 5.21. The third-order valence-electron chi connectivity index (χ3n) is 7.52. The monoisotopic (exact) mass is 527 g/mol. The molecule has 0 aliphatic carbocycles. The minimum Gasteiger partial charge on any atom is -0.493 e. The van der Waals surface area contributed by atoms with Crippen LogP contribution in [0.5, 0.6) is 17.2 Å². The highest BCUT2D eigenvalue weighted by Crippen LogP contribution is 2.40. The van der Waals surface area contributed by atoms with E-state index in [9.17, 15) is 9.59 Å². The minimum atomic E-state index is -0.400. The minimum absolute atomic E-state index is 0.0675. The molecule has 39 heavy (non-hydrogen) atoms. The summed E-state index contributed by atoms with van der Waals surface area (Å²) in [5, 5.41) is 0.854. The quantitative estimate of drug-likeness (QED) is 0.269. The van der Waals surface area contributed by atoms with Crippen LogP contribution in [-0.2, 0) is 11.2 Å². The van der Waals surface area contributed by atoms with Crippen molar-refractivity contribution in [2.75, 3.05) is 27.4 Å². The highest BCUT2D eigenvalue weighted by Gasteiger charge is 2.36. The summed E-state index contributed by atoms with van der Waals surface area (Å²) in [5.74, 6) is 1.64. The molecular weight excluding hydrogens is 494 g/mol. The highest BCUT2D eigenvalue weighted by molar-refractivity contribution is 5.84. The summed E-state index contributed by atoms with van der Waals surface area (Å²) in [6.07, 6.45) is 1.39. The highest BCUT2D eigenvalue weighted by atomic mass is 16.5. The van der Waals surface area contributed by atoms with Gasteiger partial charge in [-0.05, 0) is 66.3 Å². The van der Waals surface area contributed by atoms with Crippen LogP contribution in [0.25, 0.3) is 11.0 Å². The first-order valence-corrected chi connectivity index (χ1v) is 13.2. The van der Waals surface area contributed by atoms with E-state index in [4.69, 9.17) is 18.6 Å². The van der Waals surface area contributed by atoms with Gasteiger partial charge in [-0.3, -0.25) is 4.79 Å². The lowest BCUT2D eigenvalue weighted by Crippen LogP contribution is -2.44. The number of carbonyl (C=O) groups excluding carboxylic acids is 1. The second-order valence-electron chi connectivity index (χ2n) is 9.79. The Labute approximate surface area is 227 Å². The van der Waals surface area contributed by atoms with Crippen LogP contribution in [0, 0.1) is 6.92 Å². The van der Waals surface area contributed by atoms with Crippen molar-refractivity contribution in [3.8, 4) is 17.2 Å². The van der Waals surface area contributed by atoms with Gasteiger partial charge in [-0.15, -0.1) is 0 Å². The van der Waals surface area contributed by atoms with Gasteiger partial charge >= 0.3 is 5.63 Å². The van der Waals surface area contributed by atoms with Gasteiger partial charge in [0.2, 0.25) is 5.91 Å². The van der Waals surface area contributed by atoms with Crippen molar-refractivity contribution in [3.05, 3.63) is 99.4 Å². The van der Waals surface area contributed by atoms with Gasteiger partial charge in [-0.25, -0.2) is 4.79 Å². The summed E-state index contributed by atoms with van der Waals surface area (Å²) in [4.78, 5) is 27.9. The fourth-order valence-electron chi connectivity index (χ4n) is 5.48. The Morgan fingerprint density at radius 2 is 1.77 bits per heavy atom. The number of aryl methyl sites for hydroxylation is 1. The molecule has 0 radical (unpaired) electrons. The molecule has 0 fully saturated rings. The van der Waals surface area contributed by atoms with Crippen LogP contribution in [0.4, 0.5) is 0 Å². The number of methoxy groups -OCH3 is 2. The maximum Gasteiger partial charge on any atom is 0.336 e. The molecule has 5 rings (SSSR count). The molecule has 1 amide bonds. The zero-order valence-corrected chi connectivity index (χ0v) is 22.7. The van der Waals surface area contributed by atoms with Crippen LogP contribution < -0.4 is 19.8 Å². The molecule has 0 bridgehead atoms. The molecule has 202 valence electrons. The first kappa shape index (κ1) is 26.4. The Balaban J connectivity index is 1.51. The van der Waals surface area contributed by atoms with Crippen molar-refractivity contribution in [2.45, 2.75) is 38.6 Å². The molecule has 2 heterocycles. The molecular formula is C32H33NO6. The molecule has 7 heteroatoms. The van der Waals surface area contributed by atoms with Crippen LogP contribution in [0.15, 0.2) is 75.9 Å². The van der Waals surface area contributed by atoms with Crippen molar-refractivity contribution < 1.29 is 23.4 Å². The number of carbonyl (C=O) groups is 1. The Kier molecular flexibility index (Phi) is 7.59. The van der Waals surface area contributed by atoms with Crippen molar-refractivity contribution in [1.82, 2.24) is 4.90 Å². The second kappa shape index (κ2) is 11.2. The van der Waals surface area contributed by atoms with Gasteiger partial charge in [-0.1, -0.05) is 37.3 Å². The van der Waals surface area contributed by atoms with Gasteiger partial charge in [0, 0.05) is 24.1 Å². The molecule has 4 aromatic rings. The molecule has 2 atom stereocenters. The van der Waals surface area contributed by atoms with E-state index in [1.165, 1.54) is 6.07 Å².